The molecule has 3 aromatic rings. The Labute approximate surface area is 182 Å². The Hall–Kier alpha value is -1.60. The largest absolute Gasteiger partial charge is 0.277 e. The minimum atomic E-state index is -0.174. The maximum atomic E-state index is 11.9. The van der Waals surface area contributed by atoms with E-state index in [1.807, 2.05) is 12.1 Å². The predicted molar refractivity (Wildman–Crippen MR) is 116 cm³/mol. The zero-order valence-corrected chi connectivity index (χ0v) is 18.5. The van der Waals surface area contributed by atoms with Gasteiger partial charge in [0.1, 0.15) is 0 Å². The van der Waals surface area contributed by atoms with E-state index < -0.39 is 0 Å². The molecule has 0 aliphatic carbocycles. The topological polar surface area (TPSA) is 60.7 Å². The highest BCUT2D eigenvalue weighted by Gasteiger charge is 2.22. The zero-order valence-electron chi connectivity index (χ0n) is 15.4. The number of rotatable bonds is 4. The number of halogens is 3. The van der Waals surface area contributed by atoms with Gasteiger partial charge in [0.05, 0.1) is 16.2 Å². The minimum Gasteiger partial charge on any atom is -0.267 e. The molecule has 2 aromatic heterocycles. The molecule has 0 spiro atoms. The van der Waals surface area contributed by atoms with E-state index in [0.717, 1.165) is 11.1 Å². The van der Waals surface area contributed by atoms with E-state index in [1.54, 1.807) is 12.3 Å². The highest BCUT2D eigenvalue weighted by molar-refractivity contribution is 7.96. The molecule has 28 heavy (non-hydrogen) atoms. The number of nitrogens with zero attached hydrogens (tertiary/aromatic N) is 4. The Bertz CT molecular complexity index is 1080. The number of benzene rings is 1. The van der Waals surface area contributed by atoms with Crippen LogP contribution < -0.4 is 5.56 Å². The van der Waals surface area contributed by atoms with Crippen LogP contribution in [0, 0.1) is 0 Å². The molecule has 0 saturated carbocycles. The van der Waals surface area contributed by atoms with E-state index in [1.165, 1.54) is 28.3 Å². The van der Waals surface area contributed by atoms with Crippen molar-refractivity contribution in [1.82, 2.24) is 19.2 Å². The molecule has 0 saturated heterocycles. The third-order valence-electron chi connectivity index (χ3n) is 3.97. The van der Waals surface area contributed by atoms with E-state index >= 15 is 0 Å². The van der Waals surface area contributed by atoms with Crippen LogP contribution in [0.4, 0.5) is 0 Å². The number of hydrogen-bond acceptors (Lipinski definition) is 5. The average Bonchev–Trinajstić information content (AvgIpc) is 2.63. The molecule has 0 fully saturated rings. The van der Waals surface area contributed by atoms with Crippen molar-refractivity contribution in [2.75, 3.05) is 0 Å². The quantitative estimate of drug-likeness (QED) is 0.475. The van der Waals surface area contributed by atoms with E-state index in [-0.39, 0.29) is 21.2 Å². The van der Waals surface area contributed by atoms with E-state index in [0.29, 0.717) is 22.2 Å². The van der Waals surface area contributed by atoms with Crippen LogP contribution in [0.2, 0.25) is 15.2 Å². The van der Waals surface area contributed by atoms with E-state index in [9.17, 15) is 4.79 Å². The normalized spacial score (nSPS) is 11.6. The van der Waals surface area contributed by atoms with Crippen LogP contribution >= 0.6 is 46.8 Å². The molecule has 146 valence electrons. The summed E-state index contributed by atoms with van der Waals surface area (Å²) >= 11 is 19.8. The Morgan fingerprint density at radius 3 is 2.54 bits per heavy atom. The summed E-state index contributed by atoms with van der Waals surface area (Å²) in [6.07, 6.45) is 3.03. The number of hydrogen-bond donors (Lipinski definition) is 0. The van der Waals surface area contributed by atoms with Crippen LogP contribution in [-0.4, -0.2) is 19.2 Å². The Balaban J connectivity index is 2.06. The first-order valence-corrected chi connectivity index (χ1v) is 10.4. The standard InChI is InChI=1S/C19H17Cl3N4OS/c1-19(2,3)13-8-14(20)12(18-23-9-15(21)17(22)25-18)7-11(13)10-28-26-16(27)5-4-6-24-26/h4-9H,10H2,1-3H3. The van der Waals surface area contributed by atoms with Gasteiger partial charge >= 0.3 is 0 Å². The van der Waals surface area contributed by atoms with Gasteiger partial charge in [0, 0.05) is 23.6 Å². The molecule has 9 heteroatoms. The van der Waals surface area contributed by atoms with Crippen molar-refractivity contribution in [1.29, 1.82) is 0 Å². The molecule has 0 aliphatic heterocycles. The van der Waals surface area contributed by atoms with Gasteiger partial charge in [-0.1, -0.05) is 55.6 Å². The Morgan fingerprint density at radius 1 is 1.14 bits per heavy atom. The van der Waals surface area contributed by atoms with Gasteiger partial charge < -0.3 is 0 Å². The monoisotopic (exact) mass is 454 g/mol. The van der Waals surface area contributed by atoms with Crippen molar-refractivity contribution < 1.29 is 0 Å². The first-order chi connectivity index (χ1) is 13.2. The molecule has 5 nitrogen and oxygen atoms in total. The second kappa shape index (κ2) is 8.41. The van der Waals surface area contributed by atoms with Crippen LogP contribution in [0.25, 0.3) is 11.4 Å². The summed E-state index contributed by atoms with van der Waals surface area (Å²) in [5, 5.41) is 5.05. The summed E-state index contributed by atoms with van der Waals surface area (Å²) in [4.78, 5) is 20.4. The first kappa shape index (κ1) is 21.1. The summed E-state index contributed by atoms with van der Waals surface area (Å²) in [5.74, 6) is 0.913. The number of aromatic nitrogens is 4. The van der Waals surface area contributed by atoms with E-state index in [4.69, 9.17) is 34.8 Å². The minimum absolute atomic E-state index is 0.147. The fourth-order valence-corrected chi connectivity index (χ4v) is 3.93. The third kappa shape index (κ3) is 4.69. The van der Waals surface area contributed by atoms with Gasteiger partial charge in [-0.15, -0.1) is 0 Å². The summed E-state index contributed by atoms with van der Waals surface area (Å²) in [6.45, 7) is 6.32. The predicted octanol–water partition coefficient (Wildman–Crippen LogP) is 5.65. The Morgan fingerprint density at radius 2 is 1.89 bits per heavy atom. The molecular weight excluding hydrogens is 439 g/mol. The van der Waals surface area contributed by atoms with Crippen molar-refractivity contribution in [3.63, 3.8) is 0 Å². The second-order valence-electron chi connectivity index (χ2n) is 7.08. The molecule has 0 radical (unpaired) electrons. The van der Waals surface area contributed by atoms with Crippen molar-refractivity contribution >= 4 is 46.8 Å². The van der Waals surface area contributed by atoms with Crippen molar-refractivity contribution in [3.8, 4) is 11.4 Å². The molecule has 0 aliphatic rings. The third-order valence-corrected chi connectivity index (χ3v) is 5.90. The average molecular weight is 456 g/mol. The highest BCUT2D eigenvalue weighted by Crippen LogP contribution is 2.36. The van der Waals surface area contributed by atoms with Crippen LogP contribution in [0.15, 0.2) is 41.5 Å². The fraction of sp³-hybridized carbons (Fsp3) is 0.263. The maximum Gasteiger partial charge on any atom is 0.277 e. The summed E-state index contributed by atoms with van der Waals surface area (Å²) < 4.78 is 1.36. The molecule has 0 N–H and O–H groups in total. The van der Waals surface area contributed by atoms with Gasteiger partial charge in [0.25, 0.3) is 5.56 Å². The van der Waals surface area contributed by atoms with Crippen molar-refractivity contribution in [2.24, 2.45) is 0 Å². The summed E-state index contributed by atoms with van der Waals surface area (Å²) in [5.41, 5.74) is 2.40. The van der Waals surface area contributed by atoms with Gasteiger partial charge in [-0.25, -0.2) is 9.97 Å². The van der Waals surface area contributed by atoms with Gasteiger partial charge in [0.15, 0.2) is 11.0 Å². The second-order valence-corrected chi connectivity index (χ2v) is 9.14. The molecule has 0 bridgehead atoms. The van der Waals surface area contributed by atoms with Gasteiger partial charge in [-0.3, -0.25) is 4.79 Å². The molecular formula is C19H17Cl3N4OS. The van der Waals surface area contributed by atoms with Gasteiger partial charge in [-0.2, -0.15) is 9.19 Å². The molecule has 3 rings (SSSR count). The Kier molecular flexibility index (Phi) is 6.34. The van der Waals surface area contributed by atoms with Crippen LogP contribution in [0.5, 0.6) is 0 Å². The molecule has 0 amide bonds. The lowest BCUT2D eigenvalue weighted by atomic mass is 9.83. The van der Waals surface area contributed by atoms with Gasteiger partial charge in [-0.05, 0) is 46.7 Å². The summed E-state index contributed by atoms with van der Waals surface area (Å²) in [7, 11) is 0. The maximum absolute atomic E-state index is 11.9. The first-order valence-electron chi connectivity index (χ1n) is 8.36. The van der Waals surface area contributed by atoms with Crippen LogP contribution in [-0.2, 0) is 11.2 Å². The van der Waals surface area contributed by atoms with Crippen LogP contribution in [0.1, 0.15) is 31.9 Å². The lowest BCUT2D eigenvalue weighted by Crippen LogP contribution is -2.17. The molecule has 0 unspecified atom stereocenters. The molecule has 0 atom stereocenters. The van der Waals surface area contributed by atoms with Gasteiger partial charge in [0.2, 0.25) is 0 Å². The molecule has 1 aromatic carbocycles. The smallest absolute Gasteiger partial charge is 0.267 e. The van der Waals surface area contributed by atoms with Crippen molar-refractivity contribution in [2.45, 2.75) is 31.9 Å². The van der Waals surface area contributed by atoms with E-state index in [2.05, 4.69) is 35.8 Å². The lowest BCUT2D eigenvalue weighted by Gasteiger charge is -2.24. The molecule has 2 heterocycles. The summed E-state index contributed by atoms with van der Waals surface area (Å²) in [6, 6.07) is 6.94. The SMILES string of the molecule is CC(C)(C)c1cc(Cl)c(-c2ncc(Cl)c(Cl)n2)cc1CSn1ncccc1=O. The fourth-order valence-electron chi connectivity index (χ4n) is 2.66. The van der Waals surface area contributed by atoms with Crippen LogP contribution in [0.3, 0.4) is 0 Å². The lowest BCUT2D eigenvalue weighted by molar-refractivity contribution is 0.585. The highest BCUT2D eigenvalue weighted by atomic mass is 35.5. The zero-order chi connectivity index (χ0) is 20.5. The van der Waals surface area contributed by atoms with Crippen molar-refractivity contribution in [3.05, 3.63) is 73.3 Å².